The minimum Gasteiger partial charge on any atom is -0.408 e. The van der Waals surface area contributed by atoms with Crippen molar-refractivity contribution in [1.82, 2.24) is 9.47 Å². The zero-order chi connectivity index (χ0) is 15.2. The highest BCUT2D eigenvalue weighted by Gasteiger charge is 2.14. The maximum absolute atomic E-state index is 12.2. The quantitative estimate of drug-likeness (QED) is 0.787. The third-order valence-electron chi connectivity index (χ3n) is 3.46. The molecule has 0 spiro atoms. The number of oxazole rings is 1. The van der Waals surface area contributed by atoms with Gasteiger partial charge in [0.1, 0.15) is 0 Å². The van der Waals surface area contributed by atoms with E-state index in [1.807, 2.05) is 23.1 Å². The number of benzene rings is 1. The molecule has 0 saturated heterocycles. The number of rotatable bonds is 7. The second kappa shape index (κ2) is 7.11. The SMILES string of the molecule is CCCN(CCC)C(=O)CCn1c(=O)oc2ccccc21. The van der Waals surface area contributed by atoms with Crippen LogP contribution in [0.15, 0.2) is 33.5 Å². The fourth-order valence-corrected chi connectivity index (χ4v) is 2.49. The number of hydrogen-bond acceptors (Lipinski definition) is 3. The number of nitrogens with zero attached hydrogens (tertiary/aromatic N) is 2. The monoisotopic (exact) mass is 290 g/mol. The summed E-state index contributed by atoms with van der Waals surface area (Å²) in [5, 5.41) is 0. The van der Waals surface area contributed by atoms with Gasteiger partial charge in [0.05, 0.1) is 5.52 Å². The van der Waals surface area contributed by atoms with Crippen LogP contribution in [0.1, 0.15) is 33.1 Å². The first-order valence-electron chi connectivity index (χ1n) is 7.53. The van der Waals surface area contributed by atoms with E-state index in [0.717, 1.165) is 31.4 Å². The van der Waals surface area contributed by atoms with Crippen LogP contribution in [0.2, 0.25) is 0 Å². The lowest BCUT2D eigenvalue weighted by atomic mass is 10.3. The zero-order valence-corrected chi connectivity index (χ0v) is 12.7. The highest BCUT2D eigenvalue weighted by Crippen LogP contribution is 2.12. The molecule has 0 N–H and O–H groups in total. The van der Waals surface area contributed by atoms with Crippen molar-refractivity contribution in [3.63, 3.8) is 0 Å². The Bertz CT molecular complexity index is 651. The van der Waals surface area contributed by atoms with Gasteiger partial charge in [-0.15, -0.1) is 0 Å². The first kappa shape index (κ1) is 15.4. The van der Waals surface area contributed by atoms with E-state index in [2.05, 4.69) is 13.8 Å². The van der Waals surface area contributed by atoms with E-state index in [1.54, 1.807) is 6.07 Å². The Kier molecular flexibility index (Phi) is 5.20. The predicted molar refractivity (Wildman–Crippen MR) is 82.3 cm³/mol. The van der Waals surface area contributed by atoms with Crippen LogP contribution in [-0.2, 0) is 11.3 Å². The Morgan fingerprint density at radius 2 is 1.86 bits per heavy atom. The summed E-state index contributed by atoms with van der Waals surface area (Å²) < 4.78 is 6.70. The lowest BCUT2D eigenvalue weighted by Crippen LogP contribution is -2.33. The number of carbonyl (C=O) groups excluding carboxylic acids is 1. The van der Waals surface area contributed by atoms with Crippen LogP contribution in [0.4, 0.5) is 0 Å². The topological polar surface area (TPSA) is 55.5 Å². The molecule has 5 heteroatoms. The molecular formula is C16H22N2O3. The van der Waals surface area contributed by atoms with Gasteiger partial charge in [0.15, 0.2) is 5.58 Å². The first-order chi connectivity index (χ1) is 10.2. The van der Waals surface area contributed by atoms with Gasteiger partial charge in [0, 0.05) is 26.1 Å². The predicted octanol–water partition coefficient (Wildman–Crippen LogP) is 2.63. The van der Waals surface area contributed by atoms with Gasteiger partial charge in [-0.3, -0.25) is 9.36 Å². The summed E-state index contributed by atoms with van der Waals surface area (Å²) in [4.78, 5) is 26.0. The Balaban J connectivity index is 2.09. The molecular weight excluding hydrogens is 268 g/mol. The normalized spacial score (nSPS) is 11.0. The van der Waals surface area contributed by atoms with Crippen LogP contribution in [0, 0.1) is 0 Å². The molecule has 0 aliphatic heterocycles. The standard InChI is InChI=1S/C16H22N2O3/c1-3-10-17(11-4-2)15(19)9-12-18-13-7-5-6-8-14(13)21-16(18)20/h5-8H,3-4,9-12H2,1-2H3. The molecule has 0 saturated carbocycles. The molecule has 0 unspecified atom stereocenters. The number of fused-ring (bicyclic) bond motifs is 1. The van der Waals surface area contributed by atoms with Crippen molar-refractivity contribution in [2.75, 3.05) is 13.1 Å². The third-order valence-corrected chi connectivity index (χ3v) is 3.46. The number of aryl methyl sites for hydroxylation is 1. The molecule has 5 nitrogen and oxygen atoms in total. The Morgan fingerprint density at radius 1 is 1.19 bits per heavy atom. The smallest absolute Gasteiger partial charge is 0.408 e. The maximum Gasteiger partial charge on any atom is 0.419 e. The minimum absolute atomic E-state index is 0.0934. The van der Waals surface area contributed by atoms with Gasteiger partial charge in [-0.05, 0) is 25.0 Å². The molecule has 0 bridgehead atoms. The average molecular weight is 290 g/mol. The molecule has 2 aromatic rings. The van der Waals surface area contributed by atoms with Crippen molar-refractivity contribution in [3.8, 4) is 0 Å². The van der Waals surface area contributed by atoms with E-state index in [-0.39, 0.29) is 5.91 Å². The number of hydrogen-bond donors (Lipinski definition) is 0. The summed E-state index contributed by atoms with van der Waals surface area (Å²) in [6.45, 7) is 6.02. The van der Waals surface area contributed by atoms with Crippen LogP contribution >= 0.6 is 0 Å². The number of aromatic nitrogens is 1. The number of carbonyl (C=O) groups is 1. The lowest BCUT2D eigenvalue weighted by Gasteiger charge is -2.21. The van der Waals surface area contributed by atoms with Crippen molar-refractivity contribution in [1.29, 1.82) is 0 Å². The van der Waals surface area contributed by atoms with Crippen molar-refractivity contribution < 1.29 is 9.21 Å². The summed E-state index contributed by atoms with van der Waals surface area (Å²) in [7, 11) is 0. The van der Waals surface area contributed by atoms with E-state index in [4.69, 9.17) is 4.42 Å². The van der Waals surface area contributed by atoms with Gasteiger partial charge in [0.25, 0.3) is 0 Å². The molecule has 0 atom stereocenters. The second-order valence-corrected chi connectivity index (χ2v) is 5.12. The van der Waals surface area contributed by atoms with Crippen molar-refractivity contribution in [2.24, 2.45) is 0 Å². The van der Waals surface area contributed by atoms with Crippen LogP contribution in [0.25, 0.3) is 11.1 Å². The van der Waals surface area contributed by atoms with Crippen LogP contribution in [0.3, 0.4) is 0 Å². The van der Waals surface area contributed by atoms with Crippen molar-refractivity contribution >= 4 is 17.0 Å². The molecule has 0 fully saturated rings. The fraction of sp³-hybridized carbons (Fsp3) is 0.500. The lowest BCUT2D eigenvalue weighted by molar-refractivity contribution is -0.131. The van der Waals surface area contributed by atoms with E-state index in [9.17, 15) is 9.59 Å². The minimum atomic E-state index is -0.401. The van der Waals surface area contributed by atoms with E-state index < -0.39 is 5.76 Å². The summed E-state index contributed by atoms with van der Waals surface area (Å²) >= 11 is 0. The second-order valence-electron chi connectivity index (χ2n) is 5.12. The molecule has 0 aliphatic carbocycles. The molecule has 1 aromatic carbocycles. The summed E-state index contributed by atoms with van der Waals surface area (Å²) in [6, 6.07) is 7.27. The summed E-state index contributed by atoms with van der Waals surface area (Å²) in [5.41, 5.74) is 1.31. The van der Waals surface area contributed by atoms with Gasteiger partial charge in [-0.1, -0.05) is 26.0 Å². The highest BCUT2D eigenvalue weighted by atomic mass is 16.4. The third kappa shape index (κ3) is 3.54. The molecule has 21 heavy (non-hydrogen) atoms. The highest BCUT2D eigenvalue weighted by molar-refractivity contribution is 5.77. The average Bonchev–Trinajstić information content (AvgIpc) is 2.80. The molecule has 1 heterocycles. The van der Waals surface area contributed by atoms with Gasteiger partial charge < -0.3 is 9.32 Å². The van der Waals surface area contributed by atoms with Crippen LogP contribution in [-0.4, -0.2) is 28.5 Å². The summed E-state index contributed by atoms with van der Waals surface area (Å²) in [5.74, 6) is -0.308. The van der Waals surface area contributed by atoms with Crippen LogP contribution in [0.5, 0.6) is 0 Å². The van der Waals surface area contributed by atoms with Gasteiger partial charge in [-0.2, -0.15) is 0 Å². The molecule has 114 valence electrons. The van der Waals surface area contributed by atoms with E-state index >= 15 is 0 Å². The Hall–Kier alpha value is -2.04. The molecule has 0 radical (unpaired) electrons. The van der Waals surface area contributed by atoms with Crippen LogP contribution < -0.4 is 5.76 Å². The largest absolute Gasteiger partial charge is 0.419 e. The molecule has 1 aromatic heterocycles. The Morgan fingerprint density at radius 3 is 2.52 bits per heavy atom. The van der Waals surface area contributed by atoms with Gasteiger partial charge in [0.2, 0.25) is 5.91 Å². The Labute approximate surface area is 124 Å². The molecule has 0 aliphatic rings. The van der Waals surface area contributed by atoms with E-state index in [1.165, 1.54) is 4.57 Å². The maximum atomic E-state index is 12.2. The van der Waals surface area contributed by atoms with Gasteiger partial charge >= 0.3 is 5.76 Å². The fourth-order valence-electron chi connectivity index (χ4n) is 2.49. The summed E-state index contributed by atoms with van der Waals surface area (Å²) in [6.07, 6.45) is 2.21. The van der Waals surface area contributed by atoms with Gasteiger partial charge in [-0.25, -0.2) is 4.79 Å². The number of amides is 1. The molecule has 1 amide bonds. The van der Waals surface area contributed by atoms with E-state index in [0.29, 0.717) is 18.5 Å². The zero-order valence-electron chi connectivity index (χ0n) is 12.7. The van der Waals surface area contributed by atoms with Crippen molar-refractivity contribution in [2.45, 2.75) is 39.7 Å². The van der Waals surface area contributed by atoms with Crippen molar-refractivity contribution in [3.05, 3.63) is 34.8 Å². The number of para-hydroxylation sites is 2. The first-order valence-corrected chi connectivity index (χ1v) is 7.53. The molecule has 2 rings (SSSR count).